The van der Waals surface area contributed by atoms with Gasteiger partial charge < -0.3 is 5.73 Å². The van der Waals surface area contributed by atoms with Crippen LogP contribution >= 0.6 is 23.2 Å². The molecule has 0 spiro atoms. The van der Waals surface area contributed by atoms with Gasteiger partial charge in [-0.2, -0.15) is 0 Å². The van der Waals surface area contributed by atoms with Crippen LogP contribution in [-0.2, 0) is 10.0 Å². The molecule has 3 N–H and O–H groups in total. The van der Waals surface area contributed by atoms with Crippen LogP contribution in [0.25, 0.3) is 0 Å². The molecule has 0 saturated carbocycles. The van der Waals surface area contributed by atoms with Crippen molar-refractivity contribution in [1.29, 1.82) is 0 Å². The Balaban J connectivity index is 2.36. The van der Waals surface area contributed by atoms with Crippen molar-refractivity contribution < 1.29 is 8.42 Å². The van der Waals surface area contributed by atoms with E-state index in [0.717, 1.165) is 0 Å². The maximum Gasteiger partial charge on any atom is 0.261 e. The molecular formula is C12H10Cl2N2O2S. The van der Waals surface area contributed by atoms with Crippen LogP contribution in [0.3, 0.4) is 0 Å². The minimum atomic E-state index is -3.72. The summed E-state index contributed by atoms with van der Waals surface area (Å²) in [6.45, 7) is 0. The maximum atomic E-state index is 12.1. The van der Waals surface area contributed by atoms with Crippen LogP contribution in [0.5, 0.6) is 0 Å². The second-order valence-corrected chi connectivity index (χ2v) is 6.24. The Morgan fingerprint density at radius 2 is 1.63 bits per heavy atom. The van der Waals surface area contributed by atoms with Crippen LogP contribution in [0.2, 0.25) is 10.0 Å². The third kappa shape index (κ3) is 3.12. The van der Waals surface area contributed by atoms with E-state index in [4.69, 9.17) is 28.9 Å². The zero-order chi connectivity index (χ0) is 14.0. The van der Waals surface area contributed by atoms with Crippen molar-refractivity contribution >= 4 is 44.6 Å². The first-order chi connectivity index (χ1) is 8.90. The number of hydrogen-bond donors (Lipinski definition) is 2. The van der Waals surface area contributed by atoms with E-state index < -0.39 is 10.0 Å². The molecule has 0 amide bonds. The van der Waals surface area contributed by atoms with Gasteiger partial charge in [-0.1, -0.05) is 29.3 Å². The number of benzene rings is 2. The number of nitrogens with one attached hydrogen (secondary N) is 1. The largest absolute Gasteiger partial charge is 0.399 e. The lowest BCUT2D eigenvalue weighted by Crippen LogP contribution is -2.13. The first-order valence-corrected chi connectivity index (χ1v) is 7.46. The number of rotatable bonds is 3. The number of hydrogen-bond acceptors (Lipinski definition) is 3. The van der Waals surface area contributed by atoms with Crippen molar-refractivity contribution in [3.63, 3.8) is 0 Å². The van der Waals surface area contributed by atoms with Crippen LogP contribution in [0, 0.1) is 0 Å². The van der Waals surface area contributed by atoms with E-state index in [1.165, 1.54) is 30.3 Å². The number of nitrogens with two attached hydrogens (primary N) is 1. The summed E-state index contributed by atoms with van der Waals surface area (Å²) >= 11 is 11.8. The zero-order valence-corrected chi connectivity index (χ0v) is 11.9. The van der Waals surface area contributed by atoms with Gasteiger partial charge in [-0.25, -0.2) is 8.42 Å². The normalized spacial score (nSPS) is 11.3. The number of sulfonamides is 1. The van der Waals surface area contributed by atoms with Gasteiger partial charge in [-0.15, -0.1) is 0 Å². The Labute approximate surface area is 121 Å². The summed E-state index contributed by atoms with van der Waals surface area (Å²) in [6, 6.07) is 10.6. The summed E-state index contributed by atoms with van der Waals surface area (Å²) in [7, 11) is -3.72. The summed E-state index contributed by atoms with van der Waals surface area (Å²) < 4.78 is 26.6. The molecule has 0 unspecified atom stereocenters. The zero-order valence-electron chi connectivity index (χ0n) is 9.60. The lowest BCUT2D eigenvalue weighted by Gasteiger charge is -2.10. The molecule has 0 aliphatic rings. The van der Waals surface area contributed by atoms with Gasteiger partial charge in [0, 0.05) is 5.69 Å². The minimum absolute atomic E-state index is 0.0951. The quantitative estimate of drug-likeness (QED) is 0.853. The Kier molecular flexibility index (Phi) is 3.89. The molecular weight excluding hydrogens is 307 g/mol. The molecule has 0 heterocycles. The fraction of sp³-hybridized carbons (Fsp3) is 0. The number of anilines is 2. The molecule has 0 radical (unpaired) electrons. The summed E-state index contributed by atoms with van der Waals surface area (Å²) in [5.74, 6) is 0. The predicted molar refractivity (Wildman–Crippen MR) is 78.1 cm³/mol. The Morgan fingerprint density at radius 1 is 1.00 bits per heavy atom. The molecule has 100 valence electrons. The molecule has 0 aromatic heterocycles. The summed E-state index contributed by atoms with van der Waals surface area (Å²) in [6.07, 6.45) is 0. The third-order valence-corrected chi connectivity index (χ3v) is 4.59. The van der Waals surface area contributed by atoms with E-state index >= 15 is 0 Å². The lowest BCUT2D eigenvalue weighted by atomic mass is 10.3. The molecule has 2 aromatic carbocycles. The number of halogens is 2. The van der Waals surface area contributed by atoms with Gasteiger partial charge in [-0.05, 0) is 36.4 Å². The first-order valence-electron chi connectivity index (χ1n) is 5.22. The van der Waals surface area contributed by atoms with E-state index in [1.807, 2.05) is 0 Å². The van der Waals surface area contributed by atoms with Gasteiger partial charge in [-0.3, -0.25) is 4.72 Å². The van der Waals surface area contributed by atoms with Crippen molar-refractivity contribution in [3.8, 4) is 0 Å². The Morgan fingerprint density at radius 3 is 2.26 bits per heavy atom. The third-order valence-electron chi connectivity index (χ3n) is 2.39. The second kappa shape index (κ2) is 5.28. The summed E-state index contributed by atoms with van der Waals surface area (Å²) in [5.41, 5.74) is 6.23. The van der Waals surface area contributed by atoms with Crippen LogP contribution < -0.4 is 10.5 Å². The molecule has 19 heavy (non-hydrogen) atoms. The SMILES string of the molecule is Nc1ccc(S(=O)(=O)Nc2cccc(Cl)c2Cl)cc1. The molecule has 7 heteroatoms. The van der Waals surface area contributed by atoms with Gasteiger partial charge in [0.05, 0.1) is 20.6 Å². The fourth-order valence-corrected chi connectivity index (χ4v) is 2.91. The molecule has 2 aromatic rings. The highest BCUT2D eigenvalue weighted by atomic mass is 35.5. The molecule has 4 nitrogen and oxygen atoms in total. The molecule has 2 rings (SSSR count). The van der Waals surface area contributed by atoms with Crippen molar-refractivity contribution in [2.24, 2.45) is 0 Å². The topological polar surface area (TPSA) is 72.2 Å². The molecule has 0 aliphatic heterocycles. The van der Waals surface area contributed by atoms with Crippen LogP contribution in [0.15, 0.2) is 47.4 Å². The van der Waals surface area contributed by atoms with Gasteiger partial charge in [0.2, 0.25) is 0 Å². The van der Waals surface area contributed by atoms with Crippen molar-refractivity contribution in [2.75, 3.05) is 10.5 Å². The molecule has 0 aliphatic carbocycles. The molecule has 0 bridgehead atoms. The van der Waals surface area contributed by atoms with E-state index in [0.29, 0.717) is 5.69 Å². The van der Waals surface area contributed by atoms with E-state index in [1.54, 1.807) is 12.1 Å². The smallest absolute Gasteiger partial charge is 0.261 e. The monoisotopic (exact) mass is 316 g/mol. The van der Waals surface area contributed by atoms with Crippen molar-refractivity contribution in [1.82, 2.24) is 0 Å². The van der Waals surface area contributed by atoms with Crippen molar-refractivity contribution in [3.05, 3.63) is 52.5 Å². The van der Waals surface area contributed by atoms with Crippen molar-refractivity contribution in [2.45, 2.75) is 4.90 Å². The van der Waals surface area contributed by atoms with Crippen LogP contribution in [0.4, 0.5) is 11.4 Å². The lowest BCUT2D eigenvalue weighted by molar-refractivity contribution is 0.601. The predicted octanol–water partition coefficient (Wildman–Crippen LogP) is 3.38. The Bertz CT molecular complexity index is 700. The fourth-order valence-electron chi connectivity index (χ4n) is 1.43. The second-order valence-electron chi connectivity index (χ2n) is 3.78. The van der Waals surface area contributed by atoms with Crippen LogP contribution in [0.1, 0.15) is 0 Å². The summed E-state index contributed by atoms with van der Waals surface area (Å²) in [5, 5.41) is 0.433. The first kappa shape index (κ1) is 14.0. The highest BCUT2D eigenvalue weighted by Gasteiger charge is 2.16. The summed E-state index contributed by atoms with van der Waals surface area (Å²) in [4.78, 5) is 0.0951. The average Bonchev–Trinajstić information content (AvgIpc) is 2.35. The van der Waals surface area contributed by atoms with E-state index in [-0.39, 0.29) is 20.6 Å². The van der Waals surface area contributed by atoms with E-state index in [2.05, 4.69) is 4.72 Å². The minimum Gasteiger partial charge on any atom is -0.399 e. The van der Waals surface area contributed by atoms with Gasteiger partial charge in [0.15, 0.2) is 0 Å². The maximum absolute atomic E-state index is 12.1. The van der Waals surface area contributed by atoms with Gasteiger partial charge in [0.1, 0.15) is 0 Å². The molecule has 0 fully saturated rings. The standard InChI is InChI=1S/C12H10Cl2N2O2S/c13-10-2-1-3-11(12(10)14)16-19(17,18)9-6-4-8(15)5-7-9/h1-7,16H,15H2. The average molecular weight is 317 g/mol. The highest BCUT2D eigenvalue weighted by molar-refractivity contribution is 7.92. The highest BCUT2D eigenvalue weighted by Crippen LogP contribution is 2.31. The van der Waals surface area contributed by atoms with Gasteiger partial charge in [0.25, 0.3) is 10.0 Å². The van der Waals surface area contributed by atoms with Gasteiger partial charge >= 0.3 is 0 Å². The van der Waals surface area contributed by atoms with Crippen LogP contribution in [-0.4, -0.2) is 8.42 Å². The number of nitrogen functional groups attached to an aromatic ring is 1. The van der Waals surface area contributed by atoms with E-state index in [9.17, 15) is 8.42 Å². The molecule has 0 atom stereocenters. The molecule has 0 saturated heterocycles. The Hall–Kier alpha value is -1.43.